The number of rotatable bonds is 3. The van der Waals surface area contributed by atoms with Gasteiger partial charge in [0.1, 0.15) is 12.4 Å². The highest BCUT2D eigenvalue weighted by atomic mass is 35.5. The van der Waals surface area contributed by atoms with Gasteiger partial charge in [-0.15, -0.1) is 0 Å². The lowest BCUT2D eigenvalue weighted by Gasteiger charge is -2.31. The van der Waals surface area contributed by atoms with Crippen LogP contribution in [0.2, 0.25) is 5.02 Å². The molecule has 2 amide bonds. The number of halogens is 1. The summed E-state index contributed by atoms with van der Waals surface area (Å²) in [7, 11) is 2.09. The van der Waals surface area contributed by atoms with E-state index in [2.05, 4.69) is 27.5 Å². The van der Waals surface area contributed by atoms with Gasteiger partial charge in [-0.05, 0) is 37.4 Å². The monoisotopic (exact) mass is 438 g/mol. The van der Waals surface area contributed by atoms with Gasteiger partial charge in [-0.1, -0.05) is 17.7 Å². The first-order valence-electron chi connectivity index (χ1n) is 10.3. The molecule has 2 aromatic rings. The third-order valence-electron chi connectivity index (χ3n) is 5.93. The van der Waals surface area contributed by atoms with Gasteiger partial charge >= 0.3 is 0 Å². The molecule has 0 atom stereocenters. The molecule has 2 N–H and O–H groups in total. The van der Waals surface area contributed by atoms with Crippen molar-refractivity contribution >= 4 is 46.1 Å². The first-order chi connectivity index (χ1) is 15.0. The van der Waals surface area contributed by atoms with Crippen LogP contribution in [0.4, 0.5) is 11.4 Å². The summed E-state index contributed by atoms with van der Waals surface area (Å²) in [6.45, 7) is 4.45. The van der Waals surface area contributed by atoms with E-state index in [0.717, 1.165) is 42.9 Å². The van der Waals surface area contributed by atoms with Crippen LogP contribution in [0.25, 0.3) is 11.3 Å². The van der Waals surface area contributed by atoms with Gasteiger partial charge in [-0.2, -0.15) is 0 Å². The highest BCUT2D eigenvalue weighted by Crippen LogP contribution is 2.42. The van der Waals surface area contributed by atoms with Crippen molar-refractivity contribution in [3.63, 3.8) is 0 Å². The Bertz CT molecular complexity index is 1110. The van der Waals surface area contributed by atoms with E-state index in [-0.39, 0.29) is 11.8 Å². The van der Waals surface area contributed by atoms with Gasteiger partial charge in [0.25, 0.3) is 5.91 Å². The van der Waals surface area contributed by atoms with Crippen LogP contribution in [0, 0.1) is 0 Å². The molecule has 0 unspecified atom stereocenters. The summed E-state index contributed by atoms with van der Waals surface area (Å²) in [5.41, 5.74) is 4.39. The minimum Gasteiger partial charge on any atom is -0.487 e. The number of nitrogens with zero attached hydrogens (tertiary/aromatic N) is 2. The summed E-state index contributed by atoms with van der Waals surface area (Å²) in [5, 5.41) is 6.40. The fourth-order valence-corrected chi connectivity index (χ4v) is 4.37. The maximum absolute atomic E-state index is 12.7. The second kappa shape index (κ2) is 8.00. The van der Waals surface area contributed by atoms with E-state index < -0.39 is 0 Å². The van der Waals surface area contributed by atoms with Crippen molar-refractivity contribution in [2.24, 2.45) is 0 Å². The Balaban J connectivity index is 1.39. The third kappa shape index (κ3) is 3.92. The molecule has 3 aliphatic heterocycles. The molecule has 0 bridgehead atoms. The molecular formula is C23H23ClN4O3. The van der Waals surface area contributed by atoms with Gasteiger partial charge in [0.2, 0.25) is 5.91 Å². The molecule has 160 valence electrons. The number of carbonyl (C=O) groups is 2. The van der Waals surface area contributed by atoms with Gasteiger partial charge in [0.15, 0.2) is 0 Å². The highest BCUT2D eigenvalue weighted by Gasteiger charge is 2.32. The maximum Gasteiger partial charge on any atom is 0.260 e. The molecule has 0 spiro atoms. The van der Waals surface area contributed by atoms with Crippen molar-refractivity contribution in [1.29, 1.82) is 0 Å². The van der Waals surface area contributed by atoms with Gasteiger partial charge in [0, 0.05) is 59.3 Å². The molecule has 0 aliphatic carbocycles. The fourth-order valence-electron chi connectivity index (χ4n) is 4.20. The van der Waals surface area contributed by atoms with Crippen molar-refractivity contribution in [2.75, 3.05) is 50.4 Å². The average Bonchev–Trinajstić information content (AvgIpc) is 3.28. The van der Waals surface area contributed by atoms with Gasteiger partial charge in [-0.3, -0.25) is 14.5 Å². The number of fused-ring (bicyclic) bond motifs is 2. The van der Waals surface area contributed by atoms with Gasteiger partial charge in [-0.25, -0.2) is 0 Å². The van der Waals surface area contributed by atoms with E-state index in [4.69, 9.17) is 16.3 Å². The van der Waals surface area contributed by atoms with E-state index in [0.29, 0.717) is 40.9 Å². The number of carbonyl (C=O) groups excluding carboxylic acids is 2. The average molecular weight is 439 g/mol. The molecule has 0 aromatic heterocycles. The number of nitrogens with one attached hydrogen (secondary N) is 2. The Hall–Kier alpha value is -2.87. The second-order valence-corrected chi connectivity index (χ2v) is 8.57. The van der Waals surface area contributed by atoms with Crippen molar-refractivity contribution in [1.82, 2.24) is 9.80 Å². The standard InChI is InChI=1S/C23H23ClN4O3/c1-27-6-8-28(9-7-27)12-20(29)25-16-4-2-14-13-31-22(17(14)11-16)21-18-10-15(24)3-5-19(18)26-23(21)30/h2-5,10-11H,6-9,12-13H2,1H3,(H,25,29)(H,26,30)/b22-21-. The fraction of sp³-hybridized carbons (Fsp3) is 0.304. The summed E-state index contributed by atoms with van der Waals surface area (Å²) < 4.78 is 5.92. The maximum atomic E-state index is 12.7. The van der Waals surface area contributed by atoms with E-state index >= 15 is 0 Å². The summed E-state index contributed by atoms with van der Waals surface area (Å²) in [4.78, 5) is 29.7. The van der Waals surface area contributed by atoms with Crippen molar-refractivity contribution in [2.45, 2.75) is 6.61 Å². The van der Waals surface area contributed by atoms with Crippen molar-refractivity contribution in [3.8, 4) is 0 Å². The molecular weight excluding hydrogens is 416 g/mol. The van der Waals surface area contributed by atoms with Crippen LogP contribution in [0.3, 0.4) is 0 Å². The largest absolute Gasteiger partial charge is 0.487 e. The van der Waals surface area contributed by atoms with Crippen molar-refractivity contribution in [3.05, 3.63) is 58.1 Å². The summed E-state index contributed by atoms with van der Waals surface area (Å²) in [6.07, 6.45) is 0. The molecule has 31 heavy (non-hydrogen) atoms. The molecule has 3 aliphatic rings. The summed E-state index contributed by atoms with van der Waals surface area (Å²) >= 11 is 6.16. The molecule has 1 fully saturated rings. The van der Waals surface area contributed by atoms with Crippen LogP contribution in [-0.4, -0.2) is 61.4 Å². The first kappa shape index (κ1) is 20.1. The molecule has 2 aromatic carbocycles. The predicted molar refractivity (Wildman–Crippen MR) is 121 cm³/mol. The Morgan fingerprint density at radius 3 is 2.74 bits per heavy atom. The molecule has 0 radical (unpaired) electrons. The van der Waals surface area contributed by atoms with E-state index in [1.54, 1.807) is 18.2 Å². The highest BCUT2D eigenvalue weighted by molar-refractivity contribution is 6.38. The van der Waals surface area contributed by atoms with Crippen LogP contribution < -0.4 is 10.6 Å². The Kier molecular flexibility index (Phi) is 5.17. The number of piperazine rings is 1. The van der Waals surface area contributed by atoms with Gasteiger partial charge in [0.05, 0.1) is 12.1 Å². The van der Waals surface area contributed by atoms with Crippen LogP contribution >= 0.6 is 11.6 Å². The molecule has 8 heteroatoms. The van der Waals surface area contributed by atoms with Crippen LogP contribution in [-0.2, 0) is 20.9 Å². The topological polar surface area (TPSA) is 73.9 Å². The SMILES string of the molecule is CN1CCN(CC(=O)Nc2ccc3c(c2)/C(=C2/C(=O)Nc4ccc(Cl)cc42)OC3)CC1. The molecule has 7 nitrogen and oxygen atoms in total. The lowest BCUT2D eigenvalue weighted by molar-refractivity contribution is -0.117. The van der Waals surface area contributed by atoms with E-state index in [9.17, 15) is 9.59 Å². The van der Waals surface area contributed by atoms with E-state index in [1.165, 1.54) is 0 Å². The third-order valence-corrected chi connectivity index (χ3v) is 6.16. The zero-order valence-electron chi connectivity index (χ0n) is 17.2. The van der Waals surface area contributed by atoms with Crippen molar-refractivity contribution < 1.29 is 14.3 Å². The number of hydrogen-bond acceptors (Lipinski definition) is 5. The molecule has 3 heterocycles. The molecule has 5 rings (SSSR count). The summed E-state index contributed by atoms with van der Waals surface area (Å²) in [6, 6.07) is 11.0. The number of hydrogen-bond donors (Lipinski definition) is 2. The van der Waals surface area contributed by atoms with E-state index in [1.807, 2.05) is 18.2 Å². The minimum atomic E-state index is -0.218. The lowest BCUT2D eigenvalue weighted by atomic mass is 10.00. The number of benzene rings is 2. The quantitative estimate of drug-likeness (QED) is 0.721. The summed E-state index contributed by atoms with van der Waals surface area (Å²) in [5.74, 6) is 0.252. The lowest BCUT2D eigenvalue weighted by Crippen LogP contribution is -2.47. The number of anilines is 2. The Morgan fingerprint density at radius 1 is 1.13 bits per heavy atom. The number of likely N-dealkylation sites (N-methyl/N-ethyl adjacent to an activating group) is 1. The predicted octanol–water partition coefficient (Wildman–Crippen LogP) is 2.88. The van der Waals surface area contributed by atoms with Crippen LogP contribution in [0.5, 0.6) is 0 Å². The number of amides is 2. The van der Waals surface area contributed by atoms with Crippen LogP contribution in [0.15, 0.2) is 36.4 Å². The van der Waals surface area contributed by atoms with Crippen LogP contribution in [0.1, 0.15) is 16.7 Å². The number of ether oxygens (including phenoxy) is 1. The minimum absolute atomic E-state index is 0.0478. The molecule has 0 saturated carbocycles. The zero-order valence-corrected chi connectivity index (χ0v) is 18.0. The first-order valence-corrected chi connectivity index (χ1v) is 10.7. The Morgan fingerprint density at radius 2 is 1.94 bits per heavy atom. The van der Waals surface area contributed by atoms with Gasteiger partial charge < -0.3 is 20.3 Å². The normalized spacial score (nSPS) is 20.8. The smallest absolute Gasteiger partial charge is 0.260 e. The molecule has 1 saturated heterocycles. The second-order valence-electron chi connectivity index (χ2n) is 8.14. The zero-order chi connectivity index (χ0) is 21.5. The Labute approximate surface area is 185 Å².